The van der Waals surface area contributed by atoms with E-state index >= 15 is 0 Å². The Hall–Kier alpha value is -2.80. The Morgan fingerprint density at radius 3 is 2.65 bits per heavy atom. The minimum absolute atomic E-state index is 0.619. The van der Waals surface area contributed by atoms with E-state index < -0.39 is 0 Å². The topological polar surface area (TPSA) is 65.0 Å². The molecule has 2 aromatic rings. The van der Waals surface area contributed by atoms with Crippen molar-refractivity contribution in [3.8, 4) is 5.75 Å². The number of nitrogens with zero attached hydrogens (tertiary/aromatic N) is 4. The largest absolute Gasteiger partial charge is 0.496 e. The molecule has 0 amide bonds. The molecule has 7 nitrogen and oxygen atoms in total. The fraction of sp³-hybridized carbons (Fsp3) is 0.500. The lowest BCUT2D eigenvalue weighted by Crippen LogP contribution is -2.46. The van der Waals surface area contributed by atoms with Gasteiger partial charge in [0.1, 0.15) is 11.6 Å². The zero-order valence-corrected chi connectivity index (χ0v) is 19.1. The van der Waals surface area contributed by atoms with E-state index in [1.54, 1.807) is 7.11 Å². The van der Waals surface area contributed by atoms with Gasteiger partial charge in [-0.1, -0.05) is 25.1 Å². The van der Waals surface area contributed by atoms with E-state index in [2.05, 4.69) is 51.4 Å². The molecule has 0 radical (unpaired) electrons. The molecule has 0 saturated carbocycles. The standard InChI is InChI=1S/C24H36N6O/c1-4-25-24(27-13-11-21-8-6-7-9-22(21)31-3)28-19-20-10-12-26-23(18-20)30-16-14-29(5-2)15-17-30/h6-10,12,18H,4-5,11,13-17,19H2,1-3H3,(H2,25,27,28). The van der Waals surface area contributed by atoms with Gasteiger partial charge >= 0.3 is 0 Å². The van der Waals surface area contributed by atoms with Gasteiger partial charge in [-0.25, -0.2) is 9.98 Å². The highest BCUT2D eigenvalue weighted by Crippen LogP contribution is 2.17. The molecule has 0 spiro atoms. The highest BCUT2D eigenvalue weighted by molar-refractivity contribution is 5.79. The monoisotopic (exact) mass is 424 g/mol. The number of anilines is 1. The summed E-state index contributed by atoms with van der Waals surface area (Å²) in [5.74, 6) is 2.81. The van der Waals surface area contributed by atoms with E-state index in [0.717, 1.165) is 69.8 Å². The van der Waals surface area contributed by atoms with E-state index in [1.165, 1.54) is 11.1 Å². The molecule has 31 heavy (non-hydrogen) atoms. The highest BCUT2D eigenvalue weighted by atomic mass is 16.5. The second kappa shape index (κ2) is 12.2. The number of hydrogen-bond acceptors (Lipinski definition) is 5. The van der Waals surface area contributed by atoms with Crippen molar-refractivity contribution < 1.29 is 4.74 Å². The number of guanidine groups is 1. The molecule has 1 saturated heterocycles. The first kappa shape index (κ1) is 22.9. The number of likely N-dealkylation sites (N-methyl/N-ethyl adjacent to an activating group) is 1. The van der Waals surface area contributed by atoms with Crippen LogP contribution in [0.4, 0.5) is 5.82 Å². The lowest BCUT2D eigenvalue weighted by molar-refractivity contribution is 0.270. The quantitative estimate of drug-likeness (QED) is 0.476. The number of pyridine rings is 1. The summed E-state index contributed by atoms with van der Waals surface area (Å²) < 4.78 is 5.44. The lowest BCUT2D eigenvalue weighted by atomic mass is 10.1. The molecule has 0 aliphatic carbocycles. The molecule has 7 heteroatoms. The molecule has 1 aromatic carbocycles. The smallest absolute Gasteiger partial charge is 0.191 e. The Morgan fingerprint density at radius 1 is 1.10 bits per heavy atom. The van der Waals surface area contributed by atoms with Crippen molar-refractivity contribution in [2.45, 2.75) is 26.8 Å². The van der Waals surface area contributed by atoms with Crippen molar-refractivity contribution in [3.05, 3.63) is 53.7 Å². The Balaban J connectivity index is 1.56. The van der Waals surface area contributed by atoms with Gasteiger partial charge in [-0.2, -0.15) is 0 Å². The van der Waals surface area contributed by atoms with Gasteiger partial charge in [0.15, 0.2) is 5.96 Å². The lowest BCUT2D eigenvalue weighted by Gasteiger charge is -2.34. The fourth-order valence-electron chi connectivity index (χ4n) is 3.76. The average Bonchev–Trinajstić information content (AvgIpc) is 2.83. The third kappa shape index (κ3) is 6.85. The third-order valence-electron chi connectivity index (χ3n) is 5.60. The first-order valence-electron chi connectivity index (χ1n) is 11.3. The number of piperazine rings is 1. The normalized spacial score (nSPS) is 15.1. The molecular formula is C24H36N6O. The fourth-order valence-corrected chi connectivity index (χ4v) is 3.76. The van der Waals surface area contributed by atoms with Gasteiger partial charge < -0.3 is 25.2 Å². The molecule has 1 aliphatic rings. The first-order chi connectivity index (χ1) is 15.2. The van der Waals surface area contributed by atoms with E-state index in [9.17, 15) is 0 Å². The SMILES string of the molecule is CCNC(=NCc1ccnc(N2CCN(CC)CC2)c1)NCCc1ccccc1OC. The van der Waals surface area contributed by atoms with E-state index in [-0.39, 0.29) is 0 Å². The third-order valence-corrected chi connectivity index (χ3v) is 5.60. The second-order valence-electron chi connectivity index (χ2n) is 7.63. The number of ether oxygens (including phenoxy) is 1. The molecule has 0 atom stereocenters. The molecule has 168 valence electrons. The summed E-state index contributed by atoms with van der Waals surface area (Å²) in [6, 6.07) is 12.4. The molecule has 2 heterocycles. The first-order valence-corrected chi connectivity index (χ1v) is 11.3. The van der Waals surface area contributed by atoms with Gasteiger partial charge in [-0.15, -0.1) is 0 Å². The van der Waals surface area contributed by atoms with Gasteiger partial charge in [-0.05, 0) is 49.2 Å². The Morgan fingerprint density at radius 2 is 1.90 bits per heavy atom. The predicted molar refractivity (Wildman–Crippen MR) is 128 cm³/mol. The number of nitrogens with one attached hydrogen (secondary N) is 2. The summed E-state index contributed by atoms with van der Waals surface area (Å²) in [6.07, 6.45) is 2.77. The van der Waals surface area contributed by atoms with Gasteiger partial charge in [0.05, 0.1) is 13.7 Å². The van der Waals surface area contributed by atoms with Crippen molar-refractivity contribution in [1.82, 2.24) is 20.5 Å². The van der Waals surface area contributed by atoms with Crippen LogP contribution in [0.5, 0.6) is 5.75 Å². The summed E-state index contributed by atoms with van der Waals surface area (Å²) >= 11 is 0. The maximum atomic E-state index is 5.44. The number of benzene rings is 1. The van der Waals surface area contributed by atoms with Crippen LogP contribution in [0.2, 0.25) is 0 Å². The zero-order chi connectivity index (χ0) is 21.9. The van der Waals surface area contributed by atoms with Gasteiger partial charge in [0, 0.05) is 45.5 Å². The maximum Gasteiger partial charge on any atom is 0.191 e. The molecular weight excluding hydrogens is 388 g/mol. The number of rotatable bonds is 9. The summed E-state index contributed by atoms with van der Waals surface area (Å²) in [6.45, 7) is 11.9. The summed E-state index contributed by atoms with van der Waals surface area (Å²) in [7, 11) is 1.71. The summed E-state index contributed by atoms with van der Waals surface area (Å²) in [5.41, 5.74) is 2.36. The molecule has 1 fully saturated rings. The maximum absolute atomic E-state index is 5.44. The Labute approximate surface area is 186 Å². The van der Waals surface area contributed by atoms with Crippen LogP contribution in [-0.2, 0) is 13.0 Å². The minimum Gasteiger partial charge on any atom is -0.496 e. The molecule has 0 bridgehead atoms. The van der Waals surface area contributed by atoms with E-state index in [4.69, 9.17) is 9.73 Å². The molecule has 1 aliphatic heterocycles. The summed E-state index contributed by atoms with van der Waals surface area (Å²) in [5, 5.41) is 6.76. The number of para-hydroxylation sites is 1. The Kier molecular flexibility index (Phi) is 8.97. The number of aromatic nitrogens is 1. The molecule has 3 rings (SSSR count). The Bertz CT molecular complexity index is 832. The van der Waals surface area contributed by atoms with Crippen LogP contribution >= 0.6 is 0 Å². The highest BCUT2D eigenvalue weighted by Gasteiger charge is 2.16. The molecule has 1 aromatic heterocycles. The van der Waals surface area contributed by atoms with E-state index in [0.29, 0.717) is 6.54 Å². The van der Waals surface area contributed by atoms with Crippen LogP contribution in [0.15, 0.2) is 47.6 Å². The van der Waals surface area contributed by atoms with Gasteiger partial charge in [-0.3, -0.25) is 0 Å². The average molecular weight is 425 g/mol. The van der Waals surface area contributed by atoms with Crippen molar-refractivity contribution in [1.29, 1.82) is 0 Å². The van der Waals surface area contributed by atoms with Crippen LogP contribution < -0.4 is 20.3 Å². The van der Waals surface area contributed by atoms with Crippen LogP contribution in [0.3, 0.4) is 0 Å². The molecule has 2 N–H and O–H groups in total. The minimum atomic E-state index is 0.619. The number of methoxy groups -OCH3 is 1. The van der Waals surface area contributed by atoms with Crippen LogP contribution in [0.25, 0.3) is 0 Å². The number of hydrogen-bond donors (Lipinski definition) is 2. The van der Waals surface area contributed by atoms with E-state index in [1.807, 2.05) is 30.5 Å². The van der Waals surface area contributed by atoms with Gasteiger partial charge in [0.25, 0.3) is 0 Å². The second-order valence-corrected chi connectivity index (χ2v) is 7.63. The van der Waals surface area contributed by atoms with Crippen LogP contribution in [0.1, 0.15) is 25.0 Å². The number of aliphatic imine (C=N–C) groups is 1. The van der Waals surface area contributed by atoms with Crippen molar-refractivity contribution in [3.63, 3.8) is 0 Å². The van der Waals surface area contributed by atoms with Crippen molar-refractivity contribution in [2.75, 3.05) is 57.8 Å². The summed E-state index contributed by atoms with van der Waals surface area (Å²) in [4.78, 5) is 14.2. The van der Waals surface area contributed by atoms with Gasteiger partial charge in [0.2, 0.25) is 0 Å². The van der Waals surface area contributed by atoms with Crippen LogP contribution in [-0.4, -0.2) is 68.8 Å². The molecule has 0 unspecified atom stereocenters. The van der Waals surface area contributed by atoms with Crippen molar-refractivity contribution in [2.24, 2.45) is 4.99 Å². The zero-order valence-electron chi connectivity index (χ0n) is 19.1. The predicted octanol–water partition coefficient (Wildman–Crippen LogP) is 2.53. The van der Waals surface area contributed by atoms with Crippen molar-refractivity contribution >= 4 is 11.8 Å². The van der Waals surface area contributed by atoms with Crippen LogP contribution in [0, 0.1) is 0 Å².